The molecule has 3 heteroatoms. The zero-order chi connectivity index (χ0) is 13.9. The van der Waals surface area contributed by atoms with Crippen molar-refractivity contribution >= 4 is 15.9 Å². The number of benzene rings is 1. The second kappa shape index (κ2) is 6.69. The van der Waals surface area contributed by atoms with Gasteiger partial charge in [-0.05, 0) is 28.5 Å². The summed E-state index contributed by atoms with van der Waals surface area (Å²) in [6.45, 7) is 8.43. The van der Waals surface area contributed by atoms with Crippen LogP contribution in [0.2, 0.25) is 0 Å². The summed E-state index contributed by atoms with van der Waals surface area (Å²) in [5.74, 6) is 0.659. The Bertz CT molecular complexity index is 362. The Hall–Kier alpha value is -0.380. The van der Waals surface area contributed by atoms with Gasteiger partial charge in [-0.3, -0.25) is 0 Å². The van der Waals surface area contributed by atoms with Crippen molar-refractivity contribution < 1.29 is 10.2 Å². The van der Waals surface area contributed by atoms with E-state index in [-0.39, 0.29) is 0 Å². The minimum absolute atomic E-state index is 0.330. The Kier molecular flexibility index (Phi) is 5.83. The van der Waals surface area contributed by atoms with E-state index in [4.69, 9.17) is 0 Å². The molecular formula is C15H23BrO2. The third-order valence-electron chi connectivity index (χ3n) is 3.24. The third kappa shape index (κ3) is 3.34. The van der Waals surface area contributed by atoms with E-state index >= 15 is 0 Å². The summed E-state index contributed by atoms with van der Waals surface area (Å²) in [6.07, 6.45) is -1.61. The van der Waals surface area contributed by atoms with E-state index in [1.807, 2.05) is 18.2 Å². The maximum Gasteiger partial charge on any atom is 0.106 e. The van der Waals surface area contributed by atoms with Gasteiger partial charge in [0.05, 0.1) is 6.10 Å². The number of aliphatic hydroxyl groups excluding tert-OH is 2. The first-order chi connectivity index (χ1) is 8.40. The summed E-state index contributed by atoms with van der Waals surface area (Å²) in [7, 11) is 0. The highest BCUT2D eigenvalue weighted by Crippen LogP contribution is 2.34. The molecule has 2 N–H and O–H groups in total. The molecule has 1 aromatic carbocycles. The Morgan fingerprint density at radius 1 is 1.00 bits per heavy atom. The topological polar surface area (TPSA) is 40.5 Å². The highest BCUT2D eigenvalue weighted by molar-refractivity contribution is 9.09. The fourth-order valence-electron chi connectivity index (χ4n) is 2.23. The molecule has 0 spiro atoms. The van der Waals surface area contributed by atoms with Crippen LogP contribution < -0.4 is 0 Å². The molecule has 0 aliphatic heterocycles. The van der Waals surface area contributed by atoms with Crippen molar-refractivity contribution in [2.45, 2.75) is 51.7 Å². The number of aliphatic hydroxyl groups is 2. The van der Waals surface area contributed by atoms with E-state index in [0.717, 1.165) is 16.7 Å². The van der Waals surface area contributed by atoms with E-state index in [1.54, 1.807) is 0 Å². The fourth-order valence-corrected chi connectivity index (χ4v) is 2.58. The molecule has 0 radical (unpaired) electrons. The van der Waals surface area contributed by atoms with Crippen molar-refractivity contribution in [2.75, 3.05) is 5.33 Å². The summed E-state index contributed by atoms with van der Waals surface area (Å²) in [5.41, 5.74) is 3.14. The molecule has 102 valence electrons. The molecule has 0 bridgehead atoms. The quantitative estimate of drug-likeness (QED) is 0.813. The molecule has 1 rings (SSSR count). The first-order valence-electron chi connectivity index (χ1n) is 6.44. The van der Waals surface area contributed by atoms with Crippen LogP contribution in [0.25, 0.3) is 0 Å². The minimum Gasteiger partial charge on any atom is -0.389 e. The standard InChI is InChI=1S/C15H23BrO2/c1-9(2)11-6-5-7-12(10(3)4)14(11)15(18)13(17)8-16/h5-7,9-10,13,15,17-18H,8H2,1-4H3. The summed E-state index contributed by atoms with van der Waals surface area (Å²) < 4.78 is 0. The smallest absolute Gasteiger partial charge is 0.106 e. The van der Waals surface area contributed by atoms with Crippen LogP contribution in [0, 0.1) is 0 Å². The van der Waals surface area contributed by atoms with Gasteiger partial charge in [-0.25, -0.2) is 0 Å². The van der Waals surface area contributed by atoms with E-state index in [1.165, 1.54) is 0 Å². The Morgan fingerprint density at radius 2 is 1.44 bits per heavy atom. The molecule has 0 aromatic heterocycles. The van der Waals surface area contributed by atoms with Crippen LogP contribution >= 0.6 is 15.9 Å². The van der Waals surface area contributed by atoms with Crippen molar-refractivity contribution in [1.82, 2.24) is 0 Å². The van der Waals surface area contributed by atoms with Crippen molar-refractivity contribution in [3.05, 3.63) is 34.9 Å². The van der Waals surface area contributed by atoms with Gasteiger partial charge in [0.25, 0.3) is 0 Å². The predicted octanol–water partition coefficient (Wildman–Crippen LogP) is 3.72. The second-order valence-corrected chi connectivity index (χ2v) is 5.97. The third-order valence-corrected chi connectivity index (χ3v) is 3.90. The van der Waals surface area contributed by atoms with Crippen LogP contribution in [-0.4, -0.2) is 21.6 Å². The van der Waals surface area contributed by atoms with Crippen LogP contribution in [0.3, 0.4) is 0 Å². The van der Waals surface area contributed by atoms with Crippen LogP contribution in [0.4, 0.5) is 0 Å². The first kappa shape index (κ1) is 15.7. The minimum atomic E-state index is -0.833. The molecule has 0 saturated heterocycles. The first-order valence-corrected chi connectivity index (χ1v) is 7.57. The largest absolute Gasteiger partial charge is 0.389 e. The van der Waals surface area contributed by atoms with Gasteiger partial charge in [-0.1, -0.05) is 61.8 Å². The van der Waals surface area contributed by atoms with E-state index in [0.29, 0.717) is 17.2 Å². The summed E-state index contributed by atoms with van der Waals surface area (Å²) in [6, 6.07) is 6.10. The fraction of sp³-hybridized carbons (Fsp3) is 0.600. The lowest BCUT2D eigenvalue weighted by molar-refractivity contribution is 0.0329. The Balaban J connectivity index is 3.35. The van der Waals surface area contributed by atoms with Crippen molar-refractivity contribution in [2.24, 2.45) is 0 Å². The monoisotopic (exact) mass is 314 g/mol. The molecule has 18 heavy (non-hydrogen) atoms. The lowest BCUT2D eigenvalue weighted by atomic mass is 9.85. The Labute approximate surface area is 118 Å². The van der Waals surface area contributed by atoms with Crippen LogP contribution in [0.15, 0.2) is 18.2 Å². The van der Waals surface area contributed by atoms with Crippen molar-refractivity contribution in [3.8, 4) is 0 Å². The number of hydrogen-bond donors (Lipinski definition) is 2. The van der Waals surface area contributed by atoms with E-state index < -0.39 is 12.2 Å². The summed E-state index contributed by atoms with van der Waals surface area (Å²) in [4.78, 5) is 0. The number of halogens is 1. The molecule has 2 nitrogen and oxygen atoms in total. The maximum atomic E-state index is 10.4. The van der Waals surface area contributed by atoms with Gasteiger partial charge in [0.2, 0.25) is 0 Å². The molecule has 0 aliphatic rings. The Morgan fingerprint density at radius 3 is 1.78 bits per heavy atom. The summed E-state index contributed by atoms with van der Waals surface area (Å²) in [5, 5.41) is 20.6. The zero-order valence-corrected chi connectivity index (χ0v) is 13.1. The van der Waals surface area contributed by atoms with E-state index in [2.05, 4.69) is 43.6 Å². The lowest BCUT2D eigenvalue weighted by Crippen LogP contribution is -2.22. The average molecular weight is 315 g/mol. The molecule has 0 fully saturated rings. The summed E-state index contributed by atoms with van der Waals surface area (Å²) >= 11 is 3.23. The molecule has 0 saturated carbocycles. The van der Waals surface area contributed by atoms with Gasteiger partial charge in [0.15, 0.2) is 0 Å². The second-order valence-electron chi connectivity index (χ2n) is 5.33. The van der Waals surface area contributed by atoms with Crippen LogP contribution in [0.5, 0.6) is 0 Å². The van der Waals surface area contributed by atoms with Gasteiger partial charge in [-0.2, -0.15) is 0 Å². The average Bonchev–Trinajstić information content (AvgIpc) is 2.35. The highest BCUT2D eigenvalue weighted by Gasteiger charge is 2.25. The molecular weight excluding hydrogens is 292 g/mol. The molecule has 2 unspecified atom stereocenters. The molecule has 0 aliphatic carbocycles. The van der Waals surface area contributed by atoms with E-state index in [9.17, 15) is 10.2 Å². The van der Waals surface area contributed by atoms with Crippen molar-refractivity contribution in [1.29, 1.82) is 0 Å². The van der Waals surface area contributed by atoms with Crippen LogP contribution in [0.1, 0.15) is 62.3 Å². The normalized spacial score (nSPS) is 15.2. The maximum absolute atomic E-state index is 10.4. The van der Waals surface area contributed by atoms with Gasteiger partial charge in [0, 0.05) is 5.33 Å². The number of hydrogen-bond acceptors (Lipinski definition) is 2. The van der Waals surface area contributed by atoms with Gasteiger partial charge >= 0.3 is 0 Å². The number of alkyl halides is 1. The molecule has 2 atom stereocenters. The van der Waals surface area contributed by atoms with Gasteiger partial charge < -0.3 is 10.2 Å². The highest BCUT2D eigenvalue weighted by atomic mass is 79.9. The lowest BCUT2D eigenvalue weighted by Gasteiger charge is -2.25. The van der Waals surface area contributed by atoms with Crippen LogP contribution in [-0.2, 0) is 0 Å². The van der Waals surface area contributed by atoms with Crippen molar-refractivity contribution in [3.63, 3.8) is 0 Å². The number of rotatable bonds is 5. The van der Waals surface area contributed by atoms with Gasteiger partial charge in [-0.15, -0.1) is 0 Å². The molecule has 0 amide bonds. The SMILES string of the molecule is CC(C)c1cccc(C(C)C)c1C(O)C(O)CBr. The molecule has 0 heterocycles. The zero-order valence-electron chi connectivity index (χ0n) is 11.5. The molecule has 1 aromatic rings. The van der Waals surface area contributed by atoms with Gasteiger partial charge in [0.1, 0.15) is 6.10 Å². The predicted molar refractivity (Wildman–Crippen MR) is 79.4 cm³/mol.